The lowest BCUT2D eigenvalue weighted by Gasteiger charge is -2.36. The van der Waals surface area contributed by atoms with E-state index >= 15 is 0 Å². The molecule has 3 aromatic rings. The van der Waals surface area contributed by atoms with Gasteiger partial charge >= 0.3 is 0 Å². The maximum atomic E-state index is 4.89. The Morgan fingerprint density at radius 1 is 1.07 bits per heavy atom. The van der Waals surface area contributed by atoms with E-state index < -0.39 is 0 Å². The molecule has 1 fully saturated rings. The zero-order chi connectivity index (χ0) is 20.1. The summed E-state index contributed by atoms with van der Waals surface area (Å²) < 4.78 is 2.24. The minimum Gasteiger partial charge on any atom is -0.357 e. The zero-order valence-electron chi connectivity index (χ0n) is 17.1. The van der Waals surface area contributed by atoms with Gasteiger partial charge in [-0.15, -0.1) is 0 Å². The fourth-order valence-corrected chi connectivity index (χ4v) is 3.73. The number of piperazine rings is 1. The van der Waals surface area contributed by atoms with E-state index in [1.54, 1.807) is 12.4 Å². The molecule has 0 amide bonds. The molecule has 29 heavy (non-hydrogen) atoms. The summed E-state index contributed by atoms with van der Waals surface area (Å²) in [5, 5.41) is 3.44. The highest BCUT2D eigenvalue weighted by molar-refractivity contribution is 5.80. The van der Waals surface area contributed by atoms with Crippen molar-refractivity contribution >= 4 is 22.9 Å². The Morgan fingerprint density at radius 2 is 1.83 bits per heavy atom. The van der Waals surface area contributed by atoms with Gasteiger partial charge in [0.25, 0.3) is 0 Å². The van der Waals surface area contributed by atoms with Gasteiger partial charge in [0.05, 0.1) is 17.6 Å². The SMILES string of the molecule is CCNC(=NCCn1c(C)nc2ccccc21)N1CCN(c2ncccn2)CC1. The van der Waals surface area contributed by atoms with Crippen LogP contribution in [-0.2, 0) is 6.54 Å². The summed E-state index contributed by atoms with van der Waals surface area (Å²) in [5.41, 5.74) is 2.21. The fraction of sp³-hybridized carbons (Fsp3) is 0.429. The summed E-state index contributed by atoms with van der Waals surface area (Å²) in [6.07, 6.45) is 3.59. The van der Waals surface area contributed by atoms with E-state index in [9.17, 15) is 0 Å². The zero-order valence-corrected chi connectivity index (χ0v) is 17.1. The number of para-hydroxylation sites is 2. The topological polar surface area (TPSA) is 74.5 Å². The monoisotopic (exact) mass is 392 g/mol. The normalized spacial score (nSPS) is 15.2. The van der Waals surface area contributed by atoms with E-state index in [0.29, 0.717) is 6.54 Å². The number of aryl methyl sites for hydroxylation is 1. The summed E-state index contributed by atoms with van der Waals surface area (Å²) in [6.45, 7) is 10.1. The summed E-state index contributed by atoms with van der Waals surface area (Å²) >= 11 is 0. The number of nitrogens with zero attached hydrogens (tertiary/aromatic N) is 7. The Kier molecular flexibility index (Phi) is 5.88. The second kappa shape index (κ2) is 8.89. The number of rotatable bonds is 5. The van der Waals surface area contributed by atoms with Crippen LogP contribution < -0.4 is 10.2 Å². The average molecular weight is 393 g/mol. The molecule has 0 spiro atoms. The quantitative estimate of drug-likeness (QED) is 0.528. The molecule has 8 nitrogen and oxygen atoms in total. The van der Waals surface area contributed by atoms with Gasteiger partial charge in [0.2, 0.25) is 5.95 Å². The molecular weight excluding hydrogens is 364 g/mol. The van der Waals surface area contributed by atoms with Gasteiger partial charge in [-0.1, -0.05) is 12.1 Å². The Hall–Kier alpha value is -3.16. The van der Waals surface area contributed by atoms with Crippen LogP contribution in [0.4, 0.5) is 5.95 Å². The largest absolute Gasteiger partial charge is 0.357 e. The van der Waals surface area contributed by atoms with E-state index in [0.717, 1.165) is 62.5 Å². The molecule has 1 aliphatic heterocycles. The molecule has 0 aliphatic carbocycles. The molecule has 0 radical (unpaired) electrons. The first-order valence-corrected chi connectivity index (χ1v) is 10.2. The molecule has 0 bridgehead atoms. The summed E-state index contributed by atoms with van der Waals surface area (Å²) in [5.74, 6) is 2.81. The maximum Gasteiger partial charge on any atom is 0.225 e. The van der Waals surface area contributed by atoms with Crippen LogP contribution in [0.25, 0.3) is 11.0 Å². The smallest absolute Gasteiger partial charge is 0.225 e. The van der Waals surface area contributed by atoms with Crippen molar-refractivity contribution in [3.8, 4) is 0 Å². The van der Waals surface area contributed by atoms with Crippen molar-refractivity contribution in [3.05, 3.63) is 48.5 Å². The molecule has 0 unspecified atom stereocenters. The number of nitrogens with one attached hydrogen (secondary N) is 1. The first-order chi connectivity index (χ1) is 14.3. The molecule has 4 rings (SSSR count). The number of hydrogen-bond donors (Lipinski definition) is 1. The number of benzene rings is 1. The highest BCUT2D eigenvalue weighted by atomic mass is 15.4. The van der Waals surface area contributed by atoms with Crippen LogP contribution in [0.5, 0.6) is 0 Å². The van der Waals surface area contributed by atoms with Gasteiger partial charge < -0.3 is 19.7 Å². The van der Waals surface area contributed by atoms with Crippen LogP contribution in [0.1, 0.15) is 12.7 Å². The molecule has 1 aromatic carbocycles. The van der Waals surface area contributed by atoms with Crippen molar-refractivity contribution < 1.29 is 0 Å². The van der Waals surface area contributed by atoms with E-state index in [1.165, 1.54) is 5.52 Å². The molecule has 2 aromatic heterocycles. The molecule has 1 aliphatic rings. The fourth-order valence-electron chi connectivity index (χ4n) is 3.73. The Labute approximate surface area is 171 Å². The number of hydrogen-bond acceptors (Lipinski definition) is 5. The lowest BCUT2D eigenvalue weighted by atomic mass is 10.3. The van der Waals surface area contributed by atoms with Crippen LogP contribution in [0.2, 0.25) is 0 Å². The van der Waals surface area contributed by atoms with Gasteiger partial charge in [-0.2, -0.15) is 0 Å². The number of imidazole rings is 1. The summed E-state index contributed by atoms with van der Waals surface area (Å²) in [4.78, 5) is 22.8. The number of anilines is 1. The molecular formula is C21H28N8. The lowest BCUT2D eigenvalue weighted by Crippen LogP contribution is -2.53. The standard InChI is InChI=1S/C21H28N8/c1-3-22-20(27-13-15-28(16-14-27)21-23-9-6-10-24-21)25-11-12-29-17(2)26-18-7-4-5-8-19(18)29/h4-10H,3,11-16H2,1-2H3,(H,22,25). The van der Waals surface area contributed by atoms with Crippen LogP contribution in [-0.4, -0.2) is 69.6 Å². The third kappa shape index (κ3) is 4.31. The number of fused-ring (bicyclic) bond motifs is 1. The van der Waals surface area contributed by atoms with Crippen LogP contribution in [0.3, 0.4) is 0 Å². The third-order valence-electron chi connectivity index (χ3n) is 5.18. The van der Waals surface area contributed by atoms with Crippen molar-refractivity contribution in [3.63, 3.8) is 0 Å². The van der Waals surface area contributed by atoms with E-state index in [-0.39, 0.29) is 0 Å². The second-order valence-electron chi connectivity index (χ2n) is 7.06. The third-order valence-corrected chi connectivity index (χ3v) is 5.18. The van der Waals surface area contributed by atoms with Gasteiger partial charge in [0.1, 0.15) is 5.82 Å². The van der Waals surface area contributed by atoms with Gasteiger partial charge in [0, 0.05) is 51.7 Å². The lowest BCUT2D eigenvalue weighted by molar-refractivity contribution is 0.370. The van der Waals surface area contributed by atoms with Gasteiger partial charge in [0.15, 0.2) is 5.96 Å². The van der Waals surface area contributed by atoms with Crippen molar-refractivity contribution in [1.82, 2.24) is 29.7 Å². The molecule has 8 heteroatoms. The van der Waals surface area contributed by atoms with E-state index in [1.807, 2.05) is 12.1 Å². The van der Waals surface area contributed by atoms with Crippen molar-refractivity contribution in [1.29, 1.82) is 0 Å². The molecule has 1 N–H and O–H groups in total. The second-order valence-corrected chi connectivity index (χ2v) is 7.06. The van der Waals surface area contributed by atoms with Crippen molar-refractivity contribution in [2.75, 3.05) is 44.2 Å². The Balaban J connectivity index is 1.40. The van der Waals surface area contributed by atoms with Crippen LogP contribution in [0.15, 0.2) is 47.7 Å². The van der Waals surface area contributed by atoms with Gasteiger partial charge in [-0.25, -0.2) is 15.0 Å². The Bertz CT molecular complexity index is 957. The highest BCUT2D eigenvalue weighted by Gasteiger charge is 2.21. The number of aliphatic imine (C=N–C) groups is 1. The van der Waals surface area contributed by atoms with Crippen molar-refractivity contribution in [2.45, 2.75) is 20.4 Å². The summed E-state index contributed by atoms with van der Waals surface area (Å²) in [6, 6.07) is 10.1. The van der Waals surface area contributed by atoms with Gasteiger partial charge in [-0.3, -0.25) is 4.99 Å². The van der Waals surface area contributed by atoms with Crippen LogP contribution >= 0.6 is 0 Å². The molecule has 0 saturated carbocycles. The van der Waals surface area contributed by atoms with E-state index in [2.05, 4.69) is 66.7 Å². The molecule has 1 saturated heterocycles. The number of aromatic nitrogens is 4. The summed E-state index contributed by atoms with van der Waals surface area (Å²) in [7, 11) is 0. The molecule has 152 valence electrons. The Morgan fingerprint density at radius 3 is 2.59 bits per heavy atom. The first-order valence-electron chi connectivity index (χ1n) is 10.2. The molecule has 0 atom stereocenters. The minimum absolute atomic E-state index is 0.714. The van der Waals surface area contributed by atoms with Gasteiger partial charge in [-0.05, 0) is 32.0 Å². The van der Waals surface area contributed by atoms with E-state index in [4.69, 9.17) is 4.99 Å². The molecule has 3 heterocycles. The predicted molar refractivity (Wildman–Crippen MR) is 116 cm³/mol. The maximum absolute atomic E-state index is 4.89. The van der Waals surface area contributed by atoms with Crippen molar-refractivity contribution in [2.24, 2.45) is 4.99 Å². The average Bonchev–Trinajstić information content (AvgIpc) is 3.09. The predicted octanol–water partition coefficient (Wildman–Crippen LogP) is 1.92. The number of guanidine groups is 1. The highest BCUT2D eigenvalue weighted by Crippen LogP contribution is 2.15. The van der Waals surface area contributed by atoms with Crippen LogP contribution in [0, 0.1) is 6.92 Å². The minimum atomic E-state index is 0.714. The first kappa shape index (κ1) is 19.2.